The van der Waals surface area contributed by atoms with Gasteiger partial charge in [-0.05, 0) is 19.9 Å². The Morgan fingerprint density at radius 1 is 1.61 bits per heavy atom. The molecule has 1 fully saturated rings. The van der Waals surface area contributed by atoms with E-state index in [0.29, 0.717) is 5.76 Å². The maximum atomic E-state index is 11.1. The Hall–Kier alpha value is -1.54. The minimum Gasteiger partial charge on any atom is -0.480 e. The molecule has 1 aliphatic rings. The van der Waals surface area contributed by atoms with Gasteiger partial charge in [-0.1, -0.05) is 0 Å². The summed E-state index contributed by atoms with van der Waals surface area (Å²) in [6.45, 7) is 3.61. The minimum atomic E-state index is -0.948. The minimum absolute atomic E-state index is 0.344. The fourth-order valence-corrected chi connectivity index (χ4v) is 3.21. The van der Waals surface area contributed by atoms with Crippen LogP contribution in [0.3, 0.4) is 0 Å². The number of thioether (sulfide) groups is 1. The predicted octanol–water partition coefficient (Wildman–Crippen LogP) is 1.75. The van der Waals surface area contributed by atoms with Gasteiger partial charge in [0.15, 0.2) is 0 Å². The number of carboxylic acids is 1. The number of aliphatic carboxylic acids is 1. The SMILES string of the molecule is CC1(C)S[C@@H](c2ccc([N+](=O)[O-])o2)N[C@H]1C(=O)O. The highest BCUT2D eigenvalue weighted by molar-refractivity contribution is 8.01. The van der Waals surface area contributed by atoms with Gasteiger partial charge in [0.25, 0.3) is 0 Å². The molecule has 0 unspecified atom stereocenters. The van der Waals surface area contributed by atoms with Crippen molar-refractivity contribution >= 4 is 23.6 Å². The van der Waals surface area contributed by atoms with Crippen LogP contribution in [-0.4, -0.2) is 26.8 Å². The normalized spacial score (nSPS) is 26.1. The Balaban J connectivity index is 2.21. The van der Waals surface area contributed by atoms with Gasteiger partial charge >= 0.3 is 11.9 Å². The number of nitro groups is 1. The van der Waals surface area contributed by atoms with Crippen LogP contribution in [0.1, 0.15) is 25.0 Å². The molecule has 2 N–H and O–H groups in total. The molecule has 0 aromatic carbocycles. The molecule has 98 valence electrons. The number of nitrogens with zero attached hydrogens (tertiary/aromatic N) is 1. The number of carboxylic acid groups (broad SMARTS) is 1. The summed E-state index contributed by atoms with van der Waals surface area (Å²) in [7, 11) is 0. The van der Waals surface area contributed by atoms with Gasteiger partial charge in [0, 0.05) is 4.75 Å². The molecule has 8 heteroatoms. The molecule has 18 heavy (non-hydrogen) atoms. The summed E-state index contributed by atoms with van der Waals surface area (Å²) >= 11 is 1.37. The van der Waals surface area contributed by atoms with Crippen molar-refractivity contribution in [1.29, 1.82) is 0 Å². The predicted molar refractivity (Wildman–Crippen MR) is 64.3 cm³/mol. The smallest absolute Gasteiger partial charge is 0.433 e. The summed E-state index contributed by atoms with van der Waals surface area (Å²) in [5, 5.41) is 22.1. The summed E-state index contributed by atoms with van der Waals surface area (Å²) in [6, 6.07) is 2.03. The van der Waals surface area contributed by atoms with Gasteiger partial charge in [-0.25, -0.2) is 0 Å². The Bertz CT molecular complexity index is 498. The van der Waals surface area contributed by atoms with Gasteiger partial charge < -0.3 is 9.52 Å². The zero-order valence-corrected chi connectivity index (χ0v) is 10.6. The molecule has 2 rings (SSSR count). The second kappa shape index (κ2) is 4.29. The molecule has 1 saturated heterocycles. The van der Waals surface area contributed by atoms with E-state index in [-0.39, 0.29) is 5.88 Å². The van der Waals surface area contributed by atoms with Crippen molar-refractivity contribution in [1.82, 2.24) is 5.32 Å². The fourth-order valence-electron chi connectivity index (χ4n) is 1.85. The lowest BCUT2D eigenvalue weighted by Crippen LogP contribution is -2.43. The highest BCUT2D eigenvalue weighted by Crippen LogP contribution is 2.46. The zero-order chi connectivity index (χ0) is 13.5. The number of hydrogen-bond donors (Lipinski definition) is 2. The quantitative estimate of drug-likeness (QED) is 0.637. The van der Waals surface area contributed by atoms with E-state index in [1.807, 2.05) is 0 Å². The third kappa shape index (κ3) is 2.21. The third-order valence-electron chi connectivity index (χ3n) is 2.73. The number of furan rings is 1. The van der Waals surface area contributed by atoms with Crippen LogP contribution in [0.15, 0.2) is 16.5 Å². The maximum Gasteiger partial charge on any atom is 0.433 e. The van der Waals surface area contributed by atoms with Gasteiger partial charge in [-0.15, -0.1) is 11.8 Å². The first-order chi connectivity index (χ1) is 8.31. The van der Waals surface area contributed by atoms with E-state index >= 15 is 0 Å². The number of hydrogen-bond acceptors (Lipinski definition) is 6. The molecule has 2 atom stereocenters. The molecule has 1 aromatic rings. The van der Waals surface area contributed by atoms with E-state index in [4.69, 9.17) is 9.52 Å². The van der Waals surface area contributed by atoms with Crippen molar-refractivity contribution in [3.05, 3.63) is 28.0 Å². The van der Waals surface area contributed by atoms with Crippen LogP contribution < -0.4 is 5.32 Å². The van der Waals surface area contributed by atoms with Gasteiger partial charge in [-0.2, -0.15) is 0 Å². The van der Waals surface area contributed by atoms with Crippen LogP contribution in [0.4, 0.5) is 5.88 Å². The molecular formula is C10H12N2O5S. The second-order valence-electron chi connectivity index (χ2n) is 4.47. The fraction of sp³-hybridized carbons (Fsp3) is 0.500. The van der Waals surface area contributed by atoms with Crippen molar-refractivity contribution in [2.75, 3.05) is 0 Å². The Morgan fingerprint density at radius 2 is 2.28 bits per heavy atom. The average molecular weight is 272 g/mol. The van der Waals surface area contributed by atoms with Crippen LogP contribution in [0.25, 0.3) is 0 Å². The molecule has 0 amide bonds. The van der Waals surface area contributed by atoms with Crippen LogP contribution in [0.5, 0.6) is 0 Å². The Labute approximate surface area is 107 Å². The second-order valence-corrected chi connectivity index (χ2v) is 6.23. The molecule has 0 radical (unpaired) electrons. The molecule has 0 bridgehead atoms. The summed E-state index contributed by atoms with van der Waals surface area (Å²) in [5.74, 6) is -0.927. The lowest BCUT2D eigenvalue weighted by molar-refractivity contribution is -0.402. The number of nitrogens with one attached hydrogen (secondary N) is 1. The van der Waals surface area contributed by atoms with E-state index in [0.717, 1.165) is 0 Å². The number of carbonyl (C=O) groups is 1. The van der Waals surface area contributed by atoms with Crippen LogP contribution in [0, 0.1) is 10.1 Å². The first kappa shape index (κ1) is 12.9. The van der Waals surface area contributed by atoms with E-state index in [1.165, 1.54) is 23.9 Å². The summed E-state index contributed by atoms with van der Waals surface area (Å²) in [4.78, 5) is 21.0. The number of rotatable bonds is 3. The Kier molecular flexibility index (Phi) is 3.07. The van der Waals surface area contributed by atoms with Gasteiger partial charge in [0.2, 0.25) is 0 Å². The van der Waals surface area contributed by atoms with Crippen molar-refractivity contribution in [2.24, 2.45) is 0 Å². The highest BCUT2D eigenvalue weighted by Gasteiger charge is 2.46. The van der Waals surface area contributed by atoms with Crippen molar-refractivity contribution in [3.63, 3.8) is 0 Å². The molecule has 2 heterocycles. The lowest BCUT2D eigenvalue weighted by Gasteiger charge is -2.20. The molecular weight excluding hydrogens is 260 g/mol. The van der Waals surface area contributed by atoms with Crippen molar-refractivity contribution < 1.29 is 19.2 Å². The Morgan fingerprint density at radius 3 is 2.72 bits per heavy atom. The van der Waals surface area contributed by atoms with Crippen molar-refractivity contribution in [3.8, 4) is 0 Å². The third-order valence-corrected chi connectivity index (χ3v) is 4.18. The topological polar surface area (TPSA) is 106 Å². The van der Waals surface area contributed by atoms with E-state index in [2.05, 4.69) is 5.32 Å². The largest absolute Gasteiger partial charge is 0.480 e. The molecule has 0 aliphatic carbocycles. The van der Waals surface area contributed by atoms with E-state index < -0.39 is 27.1 Å². The highest BCUT2D eigenvalue weighted by atomic mass is 32.2. The molecule has 1 aromatic heterocycles. The van der Waals surface area contributed by atoms with Crippen molar-refractivity contribution in [2.45, 2.75) is 30.0 Å². The van der Waals surface area contributed by atoms with Crippen LogP contribution >= 0.6 is 11.8 Å². The molecule has 0 saturated carbocycles. The van der Waals surface area contributed by atoms with Gasteiger partial charge in [0.05, 0.1) is 6.07 Å². The van der Waals surface area contributed by atoms with E-state index in [9.17, 15) is 14.9 Å². The first-order valence-electron chi connectivity index (χ1n) is 5.22. The molecule has 0 spiro atoms. The summed E-state index contributed by atoms with van der Waals surface area (Å²) < 4.78 is 4.56. The van der Waals surface area contributed by atoms with Gasteiger partial charge in [-0.3, -0.25) is 20.2 Å². The zero-order valence-electron chi connectivity index (χ0n) is 9.75. The van der Waals surface area contributed by atoms with Crippen LogP contribution in [0.2, 0.25) is 0 Å². The average Bonchev–Trinajstić information content (AvgIpc) is 2.81. The first-order valence-corrected chi connectivity index (χ1v) is 6.10. The van der Waals surface area contributed by atoms with Gasteiger partial charge in [0.1, 0.15) is 22.1 Å². The summed E-state index contributed by atoms with van der Waals surface area (Å²) in [5.41, 5.74) is 0. The summed E-state index contributed by atoms with van der Waals surface area (Å²) in [6.07, 6.45) is 0. The maximum absolute atomic E-state index is 11.1. The lowest BCUT2D eigenvalue weighted by atomic mass is 10.0. The monoisotopic (exact) mass is 272 g/mol. The molecule has 1 aliphatic heterocycles. The van der Waals surface area contributed by atoms with E-state index in [1.54, 1.807) is 13.8 Å². The van der Waals surface area contributed by atoms with Crippen LogP contribution in [-0.2, 0) is 4.79 Å². The standard InChI is InChI=1S/C10H12N2O5S/c1-10(2)7(9(13)14)11-8(18-10)5-3-4-6(17-5)12(15)16/h3-4,7-8,11H,1-2H3,(H,13,14)/t7-,8-/m0/s1. The molecule has 7 nitrogen and oxygen atoms in total.